The van der Waals surface area contributed by atoms with Gasteiger partial charge in [0.1, 0.15) is 0 Å². The van der Waals surface area contributed by atoms with Gasteiger partial charge in [0.25, 0.3) is 0 Å². The first kappa shape index (κ1) is 10.9. The standard InChI is InChI=1S/C10H19NOS/c1-7-3-8(2)5-9(4-7)11-10(12)6-13/h7-9,13H,3-6H2,1-2H3,(H,11,12). The van der Waals surface area contributed by atoms with Crippen LogP contribution in [0.5, 0.6) is 0 Å². The van der Waals surface area contributed by atoms with Gasteiger partial charge in [-0.05, 0) is 31.1 Å². The molecule has 1 N–H and O–H groups in total. The van der Waals surface area contributed by atoms with Crippen LogP contribution in [0.1, 0.15) is 33.1 Å². The first-order chi connectivity index (χ1) is 6.11. The summed E-state index contributed by atoms with van der Waals surface area (Å²) in [6, 6.07) is 0.387. The lowest BCUT2D eigenvalue weighted by molar-refractivity contribution is -0.119. The molecule has 0 aromatic rings. The first-order valence-electron chi connectivity index (χ1n) is 5.02. The number of rotatable bonds is 2. The van der Waals surface area contributed by atoms with E-state index in [1.54, 1.807) is 0 Å². The third kappa shape index (κ3) is 3.59. The minimum Gasteiger partial charge on any atom is -0.353 e. The monoisotopic (exact) mass is 201 g/mol. The van der Waals surface area contributed by atoms with Crippen molar-refractivity contribution in [2.45, 2.75) is 39.2 Å². The Morgan fingerprint density at radius 3 is 2.31 bits per heavy atom. The van der Waals surface area contributed by atoms with Gasteiger partial charge < -0.3 is 5.32 Å². The Kier molecular flexibility index (Phi) is 4.10. The molecule has 0 aromatic heterocycles. The molecule has 0 saturated heterocycles. The van der Waals surface area contributed by atoms with E-state index in [0.29, 0.717) is 11.8 Å². The highest BCUT2D eigenvalue weighted by Gasteiger charge is 2.24. The van der Waals surface area contributed by atoms with Crippen LogP contribution in [0.3, 0.4) is 0 Å². The van der Waals surface area contributed by atoms with Crippen LogP contribution in [0.2, 0.25) is 0 Å². The summed E-state index contributed by atoms with van der Waals surface area (Å²) >= 11 is 3.95. The zero-order valence-electron chi connectivity index (χ0n) is 8.42. The van der Waals surface area contributed by atoms with Crippen molar-refractivity contribution >= 4 is 18.5 Å². The number of amides is 1. The maximum absolute atomic E-state index is 11.1. The molecule has 1 amide bonds. The van der Waals surface area contributed by atoms with Gasteiger partial charge in [-0.1, -0.05) is 13.8 Å². The van der Waals surface area contributed by atoms with Crippen molar-refractivity contribution in [1.29, 1.82) is 0 Å². The number of carbonyl (C=O) groups is 1. The second-order valence-electron chi connectivity index (χ2n) is 4.34. The molecule has 1 fully saturated rings. The molecule has 0 radical (unpaired) electrons. The highest BCUT2D eigenvalue weighted by Crippen LogP contribution is 2.28. The van der Waals surface area contributed by atoms with Crippen LogP contribution in [0.25, 0.3) is 0 Å². The van der Waals surface area contributed by atoms with Gasteiger partial charge in [-0.2, -0.15) is 12.6 Å². The lowest BCUT2D eigenvalue weighted by Gasteiger charge is -2.31. The predicted octanol–water partition coefficient (Wildman–Crippen LogP) is 1.86. The van der Waals surface area contributed by atoms with Crippen molar-refractivity contribution in [3.05, 3.63) is 0 Å². The maximum atomic E-state index is 11.1. The number of hydrogen-bond donors (Lipinski definition) is 2. The zero-order valence-corrected chi connectivity index (χ0v) is 9.31. The maximum Gasteiger partial charge on any atom is 0.229 e. The van der Waals surface area contributed by atoms with E-state index >= 15 is 0 Å². The van der Waals surface area contributed by atoms with Crippen molar-refractivity contribution < 1.29 is 4.79 Å². The Labute approximate surface area is 85.9 Å². The quantitative estimate of drug-likeness (QED) is 0.656. The van der Waals surface area contributed by atoms with E-state index in [1.165, 1.54) is 6.42 Å². The first-order valence-corrected chi connectivity index (χ1v) is 5.65. The van der Waals surface area contributed by atoms with Gasteiger partial charge >= 0.3 is 0 Å². The third-order valence-electron chi connectivity index (χ3n) is 2.69. The smallest absolute Gasteiger partial charge is 0.229 e. The van der Waals surface area contributed by atoms with Crippen LogP contribution in [0.4, 0.5) is 0 Å². The van der Waals surface area contributed by atoms with Gasteiger partial charge in [-0.25, -0.2) is 0 Å². The molecule has 0 heterocycles. The third-order valence-corrected chi connectivity index (χ3v) is 2.97. The molecule has 2 atom stereocenters. The van der Waals surface area contributed by atoms with Crippen LogP contribution in [-0.4, -0.2) is 17.7 Å². The molecule has 1 aliphatic carbocycles. The summed E-state index contributed by atoms with van der Waals surface area (Å²) in [5, 5.41) is 3.01. The van der Waals surface area contributed by atoms with Crippen molar-refractivity contribution in [2.24, 2.45) is 11.8 Å². The van der Waals surface area contributed by atoms with E-state index in [1.807, 2.05) is 0 Å². The van der Waals surface area contributed by atoms with E-state index in [4.69, 9.17) is 0 Å². The van der Waals surface area contributed by atoms with Gasteiger partial charge in [0, 0.05) is 6.04 Å². The van der Waals surface area contributed by atoms with E-state index < -0.39 is 0 Å². The van der Waals surface area contributed by atoms with Gasteiger partial charge in [-0.15, -0.1) is 0 Å². The minimum absolute atomic E-state index is 0.0645. The van der Waals surface area contributed by atoms with Crippen molar-refractivity contribution in [1.82, 2.24) is 5.32 Å². The topological polar surface area (TPSA) is 29.1 Å². The Hall–Kier alpha value is -0.180. The average Bonchev–Trinajstić information content (AvgIpc) is 2.02. The molecular formula is C10H19NOS. The second-order valence-corrected chi connectivity index (χ2v) is 4.66. The largest absolute Gasteiger partial charge is 0.353 e. The summed E-state index contributed by atoms with van der Waals surface area (Å²) in [6.07, 6.45) is 3.56. The molecule has 1 rings (SSSR count). The Morgan fingerprint density at radius 2 is 1.85 bits per heavy atom. The summed E-state index contributed by atoms with van der Waals surface area (Å²) in [6.45, 7) is 4.52. The minimum atomic E-state index is 0.0645. The molecule has 0 bridgehead atoms. The Bertz CT molecular complexity index is 174. The van der Waals surface area contributed by atoms with Crippen LogP contribution in [-0.2, 0) is 4.79 Å². The number of nitrogens with one attached hydrogen (secondary N) is 1. The fraction of sp³-hybridized carbons (Fsp3) is 0.900. The van der Waals surface area contributed by atoms with Crippen molar-refractivity contribution in [3.63, 3.8) is 0 Å². The lowest BCUT2D eigenvalue weighted by Crippen LogP contribution is -2.40. The highest BCUT2D eigenvalue weighted by molar-refractivity contribution is 7.81. The predicted molar refractivity (Wildman–Crippen MR) is 58.0 cm³/mol. The summed E-state index contributed by atoms with van der Waals surface area (Å²) in [5.74, 6) is 1.86. The average molecular weight is 201 g/mol. The number of thiol groups is 1. The zero-order chi connectivity index (χ0) is 9.84. The van der Waals surface area contributed by atoms with Crippen molar-refractivity contribution in [2.75, 3.05) is 5.75 Å². The fourth-order valence-corrected chi connectivity index (χ4v) is 2.43. The molecular weight excluding hydrogens is 182 g/mol. The summed E-state index contributed by atoms with van der Waals surface area (Å²) in [4.78, 5) is 11.1. The molecule has 76 valence electrons. The van der Waals surface area contributed by atoms with E-state index in [2.05, 4.69) is 31.8 Å². The molecule has 3 heteroatoms. The van der Waals surface area contributed by atoms with Crippen LogP contribution in [0.15, 0.2) is 0 Å². The highest BCUT2D eigenvalue weighted by atomic mass is 32.1. The molecule has 2 unspecified atom stereocenters. The summed E-state index contributed by atoms with van der Waals surface area (Å²) in [7, 11) is 0. The fourth-order valence-electron chi connectivity index (χ4n) is 2.34. The van der Waals surface area contributed by atoms with Gasteiger partial charge in [0.15, 0.2) is 0 Å². The van der Waals surface area contributed by atoms with E-state index in [-0.39, 0.29) is 5.91 Å². The molecule has 1 saturated carbocycles. The molecule has 13 heavy (non-hydrogen) atoms. The number of carbonyl (C=O) groups excluding carboxylic acids is 1. The van der Waals surface area contributed by atoms with Crippen LogP contribution < -0.4 is 5.32 Å². The SMILES string of the molecule is CC1CC(C)CC(NC(=O)CS)C1. The summed E-state index contributed by atoms with van der Waals surface area (Å²) in [5.41, 5.74) is 0. The Balaban J connectivity index is 2.37. The van der Waals surface area contributed by atoms with E-state index in [0.717, 1.165) is 24.7 Å². The van der Waals surface area contributed by atoms with Gasteiger partial charge in [0.2, 0.25) is 5.91 Å². The molecule has 1 aliphatic rings. The van der Waals surface area contributed by atoms with Crippen LogP contribution in [0, 0.1) is 11.8 Å². The van der Waals surface area contributed by atoms with Crippen molar-refractivity contribution in [3.8, 4) is 0 Å². The van der Waals surface area contributed by atoms with Gasteiger partial charge in [-0.3, -0.25) is 4.79 Å². The summed E-state index contributed by atoms with van der Waals surface area (Å²) < 4.78 is 0. The molecule has 2 nitrogen and oxygen atoms in total. The number of hydrogen-bond acceptors (Lipinski definition) is 2. The lowest BCUT2D eigenvalue weighted by atomic mass is 9.80. The molecule has 0 spiro atoms. The van der Waals surface area contributed by atoms with Crippen LogP contribution >= 0.6 is 12.6 Å². The molecule has 0 aromatic carbocycles. The second kappa shape index (κ2) is 4.89. The normalized spacial score (nSPS) is 34.2. The van der Waals surface area contributed by atoms with E-state index in [9.17, 15) is 4.79 Å². The molecule has 0 aliphatic heterocycles. The van der Waals surface area contributed by atoms with Gasteiger partial charge in [0.05, 0.1) is 5.75 Å². The Morgan fingerprint density at radius 1 is 1.31 bits per heavy atom.